The van der Waals surface area contributed by atoms with Crippen molar-refractivity contribution in [2.75, 3.05) is 28.6 Å². The lowest BCUT2D eigenvalue weighted by molar-refractivity contribution is -0.00521. The third kappa shape index (κ3) is 5.36. The van der Waals surface area contributed by atoms with Crippen molar-refractivity contribution in [3.63, 3.8) is 0 Å². The molecule has 4 heterocycles. The van der Waals surface area contributed by atoms with Crippen LogP contribution in [0.4, 0.5) is 28.4 Å². The highest BCUT2D eigenvalue weighted by molar-refractivity contribution is 5.95. The van der Waals surface area contributed by atoms with Gasteiger partial charge in [-0.05, 0) is 99.6 Å². The first kappa shape index (κ1) is 26.0. The second kappa shape index (κ2) is 10.8. The SMILES string of the molecule is Cc1cc(Nc2ccc3nc(-c4ccc(Nc5ccnc6ccc(N7CC(C)OC(C)C7)cc56)cc4)[nH]c3c2)ccn1. The van der Waals surface area contributed by atoms with Crippen LogP contribution in [0.2, 0.25) is 0 Å². The molecular weight excluding hydrogens is 522 g/mol. The van der Waals surface area contributed by atoms with Gasteiger partial charge in [0.2, 0.25) is 0 Å². The van der Waals surface area contributed by atoms with Crippen molar-refractivity contribution in [3.8, 4) is 11.4 Å². The number of nitrogens with zero attached hydrogens (tertiary/aromatic N) is 4. The number of ether oxygens (including phenoxy) is 1. The zero-order valence-electron chi connectivity index (χ0n) is 23.9. The number of H-pyrrole nitrogens is 1. The number of fused-ring (bicyclic) bond motifs is 2. The number of hydrogen-bond acceptors (Lipinski definition) is 7. The minimum absolute atomic E-state index is 0.205. The fourth-order valence-electron chi connectivity index (χ4n) is 5.71. The average Bonchev–Trinajstić information content (AvgIpc) is 3.41. The van der Waals surface area contributed by atoms with Crippen molar-refractivity contribution >= 4 is 50.4 Å². The molecule has 1 aliphatic rings. The van der Waals surface area contributed by atoms with E-state index in [2.05, 4.69) is 92.9 Å². The smallest absolute Gasteiger partial charge is 0.138 e. The summed E-state index contributed by atoms with van der Waals surface area (Å²) >= 11 is 0. The molecule has 1 aliphatic heterocycles. The zero-order valence-corrected chi connectivity index (χ0v) is 23.9. The number of rotatable bonds is 6. The van der Waals surface area contributed by atoms with Crippen LogP contribution < -0.4 is 15.5 Å². The van der Waals surface area contributed by atoms with Crippen molar-refractivity contribution in [1.29, 1.82) is 0 Å². The lowest BCUT2D eigenvalue weighted by atomic mass is 10.1. The van der Waals surface area contributed by atoms with E-state index >= 15 is 0 Å². The molecule has 0 spiro atoms. The summed E-state index contributed by atoms with van der Waals surface area (Å²) in [5.74, 6) is 0.835. The molecule has 1 fully saturated rings. The van der Waals surface area contributed by atoms with E-state index in [1.165, 1.54) is 5.69 Å². The average molecular weight is 556 g/mol. The van der Waals surface area contributed by atoms with E-state index in [-0.39, 0.29) is 12.2 Å². The Labute approximate surface area is 244 Å². The molecule has 42 heavy (non-hydrogen) atoms. The van der Waals surface area contributed by atoms with Crippen LogP contribution in [0.5, 0.6) is 0 Å². The van der Waals surface area contributed by atoms with E-state index in [9.17, 15) is 0 Å². The third-order valence-corrected chi connectivity index (χ3v) is 7.61. The van der Waals surface area contributed by atoms with Crippen molar-refractivity contribution in [2.24, 2.45) is 0 Å². The van der Waals surface area contributed by atoms with Gasteiger partial charge >= 0.3 is 0 Å². The van der Waals surface area contributed by atoms with Gasteiger partial charge in [0.25, 0.3) is 0 Å². The van der Waals surface area contributed by atoms with Crippen LogP contribution in [-0.4, -0.2) is 45.2 Å². The normalized spacial score (nSPS) is 17.1. The van der Waals surface area contributed by atoms with Crippen LogP contribution >= 0.6 is 0 Å². The minimum atomic E-state index is 0.205. The van der Waals surface area contributed by atoms with Crippen LogP contribution in [0, 0.1) is 6.92 Å². The summed E-state index contributed by atoms with van der Waals surface area (Å²) < 4.78 is 5.94. The second-order valence-corrected chi connectivity index (χ2v) is 11.1. The Morgan fingerprint density at radius 3 is 2.31 bits per heavy atom. The maximum atomic E-state index is 5.94. The molecule has 3 aromatic carbocycles. The Bertz CT molecular complexity index is 1870. The molecule has 3 N–H and O–H groups in total. The van der Waals surface area contributed by atoms with Gasteiger partial charge in [-0.2, -0.15) is 0 Å². The molecule has 0 aliphatic carbocycles. The minimum Gasteiger partial charge on any atom is -0.372 e. The van der Waals surface area contributed by atoms with E-state index in [0.29, 0.717) is 0 Å². The number of imidazole rings is 1. The van der Waals surface area contributed by atoms with E-state index in [1.54, 1.807) is 0 Å². The fourth-order valence-corrected chi connectivity index (χ4v) is 5.71. The first-order valence-electron chi connectivity index (χ1n) is 14.3. The van der Waals surface area contributed by atoms with Crippen molar-refractivity contribution < 1.29 is 4.74 Å². The largest absolute Gasteiger partial charge is 0.372 e. The van der Waals surface area contributed by atoms with Crippen LogP contribution in [0.25, 0.3) is 33.3 Å². The monoisotopic (exact) mass is 555 g/mol. The summed E-state index contributed by atoms with van der Waals surface area (Å²) in [6.45, 7) is 8.01. The van der Waals surface area contributed by atoms with Gasteiger partial charge in [-0.1, -0.05) is 0 Å². The topological polar surface area (TPSA) is 91.0 Å². The van der Waals surface area contributed by atoms with Gasteiger partial charge in [0.1, 0.15) is 5.82 Å². The maximum Gasteiger partial charge on any atom is 0.138 e. The zero-order chi connectivity index (χ0) is 28.6. The lowest BCUT2D eigenvalue weighted by Gasteiger charge is -2.37. The Morgan fingerprint density at radius 1 is 0.762 bits per heavy atom. The highest BCUT2D eigenvalue weighted by Gasteiger charge is 2.22. The number of pyridine rings is 2. The summed E-state index contributed by atoms with van der Waals surface area (Å²) in [5.41, 5.74) is 10.1. The van der Waals surface area contributed by atoms with Crippen LogP contribution in [0.1, 0.15) is 19.5 Å². The Morgan fingerprint density at radius 2 is 1.50 bits per heavy atom. The summed E-state index contributed by atoms with van der Waals surface area (Å²) in [6, 6.07) is 27.0. The number of aromatic amines is 1. The molecule has 7 rings (SSSR count). The molecule has 8 heteroatoms. The Balaban J connectivity index is 1.11. The Kier molecular flexibility index (Phi) is 6.68. The maximum absolute atomic E-state index is 5.94. The molecule has 0 amide bonds. The molecule has 0 radical (unpaired) electrons. The van der Waals surface area contributed by atoms with Gasteiger partial charge < -0.3 is 25.3 Å². The molecule has 6 aromatic rings. The van der Waals surface area contributed by atoms with E-state index < -0.39 is 0 Å². The molecule has 0 bridgehead atoms. The predicted molar refractivity (Wildman–Crippen MR) is 171 cm³/mol. The summed E-state index contributed by atoms with van der Waals surface area (Å²) in [5, 5.41) is 8.15. The van der Waals surface area contributed by atoms with E-state index in [0.717, 1.165) is 74.9 Å². The van der Waals surface area contributed by atoms with Crippen molar-refractivity contribution in [2.45, 2.75) is 33.0 Å². The molecule has 2 atom stereocenters. The molecular formula is C34H33N7O. The molecule has 1 saturated heterocycles. The van der Waals surface area contributed by atoms with E-state index in [1.807, 2.05) is 49.6 Å². The fraction of sp³-hybridized carbons (Fsp3) is 0.206. The van der Waals surface area contributed by atoms with Gasteiger partial charge in [0.05, 0.1) is 28.8 Å². The van der Waals surface area contributed by atoms with Crippen LogP contribution in [0.15, 0.2) is 91.3 Å². The number of aromatic nitrogens is 4. The standard InChI is InChI=1S/C34H33N7O/c1-21-16-27(12-14-35-21)37-26-8-10-32-33(17-26)40-34(39-32)24-4-6-25(7-5-24)38-31-13-15-36-30-11-9-28(18-29(30)31)41-19-22(2)42-23(3)20-41/h4-18,22-23H,19-20H2,1-3H3,(H,35,37)(H,36,38)(H,39,40). The van der Waals surface area contributed by atoms with Crippen LogP contribution in [-0.2, 0) is 4.74 Å². The third-order valence-electron chi connectivity index (χ3n) is 7.61. The van der Waals surface area contributed by atoms with Gasteiger partial charge in [0, 0.05) is 70.6 Å². The molecule has 0 saturated carbocycles. The first-order valence-corrected chi connectivity index (χ1v) is 14.3. The number of nitrogens with one attached hydrogen (secondary N) is 3. The molecule has 8 nitrogen and oxygen atoms in total. The lowest BCUT2D eigenvalue weighted by Crippen LogP contribution is -2.45. The van der Waals surface area contributed by atoms with E-state index in [4.69, 9.17) is 9.72 Å². The predicted octanol–water partition coefficient (Wildman–Crippen LogP) is 7.58. The second-order valence-electron chi connectivity index (χ2n) is 11.1. The summed E-state index contributed by atoms with van der Waals surface area (Å²) in [6.07, 6.45) is 4.07. The quantitative estimate of drug-likeness (QED) is 0.195. The molecule has 2 unspecified atom stereocenters. The van der Waals surface area contributed by atoms with Gasteiger partial charge in [-0.25, -0.2) is 4.98 Å². The number of benzene rings is 3. The Hall–Kier alpha value is -4.95. The number of hydrogen-bond donors (Lipinski definition) is 3. The molecule has 210 valence electrons. The highest BCUT2D eigenvalue weighted by atomic mass is 16.5. The van der Waals surface area contributed by atoms with Gasteiger partial charge in [0.15, 0.2) is 0 Å². The van der Waals surface area contributed by atoms with Gasteiger partial charge in [-0.3, -0.25) is 9.97 Å². The summed E-state index contributed by atoms with van der Waals surface area (Å²) in [7, 11) is 0. The summed E-state index contributed by atoms with van der Waals surface area (Å²) in [4.78, 5) is 19.6. The first-order chi connectivity index (χ1) is 20.5. The van der Waals surface area contributed by atoms with Crippen LogP contribution in [0.3, 0.4) is 0 Å². The number of morpholine rings is 1. The van der Waals surface area contributed by atoms with Gasteiger partial charge in [-0.15, -0.1) is 0 Å². The highest BCUT2D eigenvalue weighted by Crippen LogP contribution is 2.31. The van der Waals surface area contributed by atoms with Crippen molar-refractivity contribution in [1.82, 2.24) is 19.9 Å². The molecule has 3 aromatic heterocycles. The van der Waals surface area contributed by atoms with Crippen molar-refractivity contribution in [3.05, 3.63) is 97.0 Å². The number of anilines is 5. The number of aryl methyl sites for hydroxylation is 1.